The van der Waals surface area contributed by atoms with Gasteiger partial charge in [-0.3, -0.25) is 4.98 Å². The fourth-order valence-corrected chi connectivity index (χ4v) is 2.49. The highest BCUT2D eigenvalue weighted by Gasteiger charge is 2.18. The molecule has 0 saturated carbocycles. The summed E-state index contributed by atoms with van der Waals surface area (Å²) in [5.74, 6) is 0.921. The third kappa shape index (κ3) is 3.82. The SMILES string of the molecule is CCCNC(c1cncc(C)c1)c1ccc(C)cc1OC. The van der Waals surface area contributed by atoms with Gasteiger partial charge in [0.2, 0.25) is 0 Å². The predicted molar refractivity (Wildman–Crippen MR) is 86.8 cm³/mol. The van der Waals surface area contributed by atoms with Crippen LogP contribution >= 0.6 is 0 Å². The zero-order valence-corrected chi connectivity index (χ0v) is 13.3. The molecule has 2 rings (SSSR count). The van der Waals surface area contributed by atoms with E-state index in [1.54, 1.807) is 7.11 Å². The van der Waals surface area contributed by atoms with Crippen LogP contribution in [0.25, 0.3) is 0 Å². The first-order valence-electron chi connectivity index (χ1n) is 7.45. The zero-order chi connectivity index (χ0) is 15.2. The summed E-state index contributed by atoms with van der Waals surface area (Å²) in [5.41, 5.74) is 4.70. The molecule has 0 amide bonds. The van der Waals surface area contributed by atoms with Crippen molar-refractivity contribution in [3.05, 3.63) is 58.9 Å². The molecule has 0 radical (unpaired) electrons. The molecule has 0 fully saturated rings. The molecule has 0 aliphatic rings. The van der Waals surface area contributed by atoms with E-state index >= 15 is 0 Å². The molecule has 112 valence electrons. The highest BCUT2D eigenvalue weighted by atomic mass is 16.5. The number of methoxy groups -OCH3 is 1. The van der Waals surface area contributed by atoms with E-state index in [2.05, 4.69) is 55.3 Å². The van der Waals surface area contributed by atoms with Crippen molar-refractivity contribution in [1.29, 1.82) is 0 Å². The molecule has 0 bridgehead atoms. The van der Waals surface area contributed by atoms with Gasteiger partial charge in [-0.2, -0.15) is 0 Å². The van der Waals surface area contributed by atoms with E-state index in [9.17, 15) is 0 Å². The summed E-state index contributed by atoms with van der Waals surface area (Å²) in [4.78, 5) is 4.33. The number of hydrogen-bond acceptors (Lipinski definition) is 3. The minimum atomic E-state index is 0.105. The van der Waals surface area contributed by atoms with Gasteiger partial charge in [0.15, 0.2) is 0 Å². The Hall–Kier alpha value is -1.87. The Morgan fingerprint density at radius 1 is 1.14 bits per heavy atom. The van der Waals surface area contributed by atoms with E-state index in [1.807, 2.05) is 12.4 Å². The molecule has 3 heteroatoms. The van der Waals surface area contributed by atoms with Crippen molar-refractivity contribution < 1.29 is 4.74 Å². The van der Waals surface area contributed by atoms with E-state index in [-0.39, 0.29) is 6.04 Å². The number of pyridine rings is 1. The Morgan fingerprint density at radius 2 is 1.95 bits per heavy atom. The topological polar surface area (TPSA) is 34.2 Å². The second kappa shape index (κ2) is 7.23. The zero-order valence-electron chi connectivity index (χ0n) is 13.3. The summed E-state index contributed by atoms with van der Waals surface area (Å²) in [5, 5.41) is 3.60. The highest BCUT2D eigenvalue weighted by Crippen LogP contribution is 2.31. The molecule has 21 heavy (non-hydrogen) atoms. The molecule has 1 atom stereocenters. The largest absolute Gasteiger partial charge is 0.496 e. The Bertz CT molecular complexity index is 596. The molecular formula is C18H24N2O. The smallest absolute Gasteiger partial charge is 0.124 e. The van der Waals surface area contributed by atoms with E-state index in [0.29, 0.717) is 0 Å². The van der Waals surface area contributed by atoms with Crippen molar-refractivity contribution >= 4 is 0 Å². The van der Waals surface area contributed by atoms with Gasteiger partial charge < -0.3 is 10.1 Å². The number of nitrogens with zero attached hydrogens (tertiary/aromatic N) is 1. The Kier molecular flexibility index (Phi) is 5.34. The van der Waals surface area contributed by atoms with Crippen LogP contribution in [0.15, 0.2) is 36.7 Å². The molecule has 0 aliphatic carbocycles. The van der Waals surface area contributed by atoms with Crippen LogP contribution in [0.3, 0.4) is 0 Å². The molecule has 1 N–H and O–H groups in total. The molecule has 1 heterocycles. The van der Waals surface area contributed by atoms with Gasteiger partial charge in [-0.1, -0.05) is 25.1 Å². The number of benzene rings is 1. The van der Waals surface area contributed by atoms with E-state index in [0.717, 1.165) is 24.3 Å². The van der Waals surface area contributed by atoms with Crippen LogP contribution in [-0.4, -0.2) is 18.6 Å². The minimum absolute atomic E-state index is 0.105. The standard InChI is InChI=1S/C18H24N2O/c1-5-8-20-18(15-9-14(3)11-19-12-15)16-7-6-13(2)10-17(16)21-4/h6-7,9-12,18,20H,5,8H2,1-4H3. The van der Waals surface area contributed by atoms with Gasteiger partial charge in [-0.05, 0) is 49.6 Å². The fourth-order valence-electron chi connectivity index (χ4n) is 2.49. The van der Waals surface area contributed by atoms with Crippen molar-refractivity contribution in [3.8, 4) is 5.75 Å². The quantitative estimate of drug-likeness (QED) is 0.876. The van der Waals surface area contributed by atoms with Crippen LogP contribution in [0.1, 0.15) is 41.6 Å². The van der Waals surface area contributed by atoms with E-state index in [4.69, 9.17) is 4.74 Å². The van der Waals surface area contributed by atoms with Gasteiger partial charge in [-0.15, -0.1) is 0 Å². The predicted octanol–water partition coefficient (Wildman–Crippen LogP) is 3.80. The lowest BCUT2D eigenvalue weighted by atomic mass is 9.97. The second-order valence-corrected chi connectivity index (χ2v) is 5.43. The van der Waals surface area contributed by atoms with Crippen LogP contribution in [0.5, 0.6) is 5.75 Å². The number of ether oxygens (including phenoxy) is 1. The molecule has 1 aromatic heterocycles. The van der Waals surface area contributed by atoms with Gasteiger partial charge in [-0.25, -0.2) is 0 Å². The lowest BCUT2D eigenvalue weighted by Crippen LogP contribution is -2.24. The van der Waals surface area contributed by atoms with Crippen LogP contribution in [-0.2, 0) is 0 Å². The number of aryl methyl sites for hydroxylation is 2. The summed E-state index contributed by atoms with van der Waals surface area (Å²) < 4.78 is 5.58. The Balaban J connectivity index is 2.45. The maximum Gasteiger partial charge on any atom is 0.124 e. The van der Waals surface area contributed by atoms with Crippen molar-refractivity contribution in [2.45, 2.75) is 33.2 Å². The average molecular weight is 284 g/mol. The first-order chi connectivity index (χ1) is 10.2. The molecule has 1 unspecified atom stereocenters. The summed E-state index contributed by atoms with van der Waals surface area (Å²) in [6.45, 7) is 7.27. The molecule has 3 nitrogen and oxygen atoms in total. The van der Waals surface area contributed by atoms with Crippen molar-refractivity contribution in [2.24, 2.45) is 0 Å². The summed E-state index contributed by atoms with van der Waals surface area (Å²) in [7, 11) is 1.73. The first kappa shape index (κ1) is 15.5. The maximum absolute atomic E-state index is 5.58. The highest BCUT2D eigenvalue weighted by molar-refractivity contribution is 5.43. The molecule has 2 aromatic rings. The fraction of sp³-hybridized carbons (Fsp3) is 0.389. The molecule has 0 saturated heterocycles. The lowest BCUT2D eigenvalue weighted by molar-refractivity contribution is 0.403. The Morgan fingerprint density at radius 3 is 2.62 bits per heavy atom. The van der Waals surface area contributed by atoms with Gasteiger partial charge in [0.1, 0.15) is 5.75 Å². The number of nitrogens with one attached hydrogen (secondary N) is 1. The summed E-state index contributed by atoms with van der Waals surface area (Å²) in [6, 6.07) is 8.64. The van der Waals surface area contributed by atoms with Gasteiger partial charge in [0.25, 0.3) is 0 Å². The van der Waals surface area contributed by atoms with E-state index in [1.165, 1.54) is 16.7 Å². The number of aromatic nitrogens is 1. The van der Waals surface area contributed by atoms with Gasteiger partial charge >= 0.3 is 0 Å². The molecule has 1 aromatic carbocycles. The van der Waals surface area contributed by atoms with Crippen molar-refractivity contribution in [1.82, 2.24) is 10.3 Å². The molecule has 0 spiro atoms. The second-order valence-electron chi connectivity index (χ2n) is 5.43. The number of hydrogen-bond donors (Lipinski definition) is 1. The van der Waals surface area contributed by atoms with Crippen molar-refractivity contribution in [3.63, 3.8) is 0 Å². The Labute approximate surface area is 127 Å². The monoisotopic (exact) mass is 284 g/mol. The van der Waals surface area contributed by atoms with Crippen LogP contribution in [0.4, 0.5) is 0 Å². The van der Waals surface area contributed by atoms with E-state index < -0.39 is 0 Å². The van der Waals surface area contributed by atoms with Crippen LogP contribution in [0, 0.1) is 13.8 Å². The minimum Gasteiger partial charge on any atom is -0.496 e. The van der Waals surface area contributed by atoms with Gasteiger partial charge in [0, 0.05) is 18.0 Å². The average Bonchev–Trinajstić information content (AvgIpc) is 2.49. The first-order valence-corrected chi connectivity index (χ1v) is 7.45. The van der Waals surface area contributed by atoms with Gasteiger partial charge in [0.05, 0.1) is 13.2 Å². The molecule has 0 aliphatic heterocycles. The maximum atomic E-state index is 5.58. The third-order valence-corrected chi connectivity index (χ3v) is 3.53. The summed E-state index contributed by atoms with van der Waals surface area (Å²) >= 11 is 0. The molecular weight excluding hydrogens is 260 g/mol. The van der Waals surface area contributed by atoms with Crippen LogP contribution in [0.2, 0.25) is 0 Å². The lowest BCUT2D eigenvalue weighted by Gasteiger charge is -2.22. The normalized spacial score (nSPS) is 12.2. The number of rotatable bonds is 6. The van der Waals surface area contributed by atoms with Crippen molar-refractivity contribution in [2.75, 3.05) is 13.7 Å². The summed E-state index contributed by atoms with van der Waals surface area (Å²) in [6.07, 6.45) is 4.90. The van der Waals surface area contributed by atoms with Crippen LogP contribution < -0.4 is 10.1 Å². The third-order valence-electron chi connectivity index (χ3n) is 3.53.